The van der Waals surface area contributed by atoms with Crippen LogP contribution in [0.25, 0.3) is 11.0 Å². The lowest BCUT2D eigenvalue weighted by atomic mass is 10.1. The molecule has 2 aromatic rings. The van der Waals surface area contributed by atoms with Gasteiger partial charge in [-0.1, -0.05) is 0 Å². The normalized spacial score (nSPS) is 17.1. The summed E-state index contributed by atoms with van der Waals surface area (Å²) in [6, 6.07) is 2.01. The number of hydrogen-bond acceptors (Lipinski definition) is 4. The zero-order valence-electron chi connectivity index (χ0n) is 8.46. The largest absolute Gasteiger partial charge is 0.389 e. The van der Waals surface area contributed by atoms with Gasteiger partial charge in [0.05, 0.1) is 11.5 Å². The van der Waals surface area contributed by atoms with E-state index < -0.39 is 0 Å². The fourth-order valence-corrected chi connectivity index (χ4v) is 1.94. The van der Waals surface area contributed by atoms with E-state index in [0.29, 0.717) is 13.1 Å². The maximum atomic E-state index is 9.27. The number of anilines is 1. The van der Waals surface area contributed by atoms with Crippen LogP contribution in [0.15, 0.2) is 18.6 Å². The molecule has 1 aliphatic heterocycles. The highest BCUT2D eigenvalue weighted by Gasteiger charge is 2.27. The first kappa shape index (κ1) is 8.67. The molecule has 2 aromatic heterocycles. The summed E-state index contributed by atoms with van der Waals surface area (Å²) < 4.78 is 1.97. The van der Waals surface area contributed by atoms with E-state index in [-0.39, 0.29) is 6.10 Å². The summed E-state index contributed by atoms with van der Waals surface area (Å²) in [5.74, 6) is 0.922. The Hall–Kier alpha value is -1.62. The van der Waals surface area contributed by atoms with Gasteiger partial charge in [0, 0.05) is 26.3 Å². The standard InChI is InChI=1S/C10H12N4O/c1-13-3-2-8-9(13)11-6-12-10(8)14-4-7(15)5-14/h2-3,6-7,15H,4-5H2,1H3. The van der Waals surface area contributed by atoms with Crippen LogP contribution in [0.2, 0.25) is 0 Å². The smallest absolute Gasteiger partial charge is 0.145 e. The monoisotopic (exact) mass is 204 g/mol. The maximum Gasteiger partial charge on any atom is 0.145 e. The summed E-state index contributed by atoms with van der Waals surface area (Å²) in [6.45, 7) is 1.34. The van der Waals surface area contributed by atoms with Crippen LogP contribution in [0, 0.1) is 0 Å². The summed E-state index contributed by atoms with van der Waals surface area (Å²) in [7, 11) is 1.96. The number of aliphatic hydroxyl groups excluding tert-OH is 1. The Morgan fingerprint density at radius 3 is 2.93 bits per heavy atom. The molecule has 0 atom stereocenters. The quantitative estimate of drug-likeness (QED) is 0.718. The van der Waals surface area contributed by atoms with E-state index >= 15 is 0 Å². The topological polar surface area (TPSA) is 54.2 Å². The van der Waals surface area contributed by atoms with Gasteiger partial charge >= 0.3 is 0 Å². The minimum Gasteiger partial charge on any atom is -0.389 e. The molecule has 0 amide bonds. The lowest BCUT2D eigenvalue weighted by molar-refractivity contribution is 0.141. The van der Waals surface area contributed by atoms with Gasteiger partial charge in [0.25, 0.3) is 0 Å². The molecule has 0 radical (unpaired) electrons. The molecule has 0 unspecified atom stereocenters. The number of nitrogens with zero attached hydrogens (tertiary/aromatic N) is 4. The molecule has 1 fully saturated rings. The Labute approximate surface area is 87.0 Å². The van der Waals surface area contributed by atoms with E-state index in [9.17, 15) is 5.11 Å². The molecule has 0 spiro atoms. The van der Waals surface area contributed by atoms with Crippen LogP contribution in [-0.4, -0.2) is 38.8 Å². The Morgan fingerprint density at radius 2 is 2.20 bits per heavy atom. The van der Waals surface area contributed by atoms with Crippen molar-refractivity contribution in [3.63, 3.8) is 0 Å². The van der Waals surface area contributed by atoms with E-state index in [2.05, 4.69) is 14.9 Å². The lowest BCUT2D eigenvalue weighted by Gasteiger charge is -2.36. The molecule has 0 aliphatic carbocycles. The van der Waals surface area contributed by atoms with Crippen molar-refractivity contribution in [2.24, 2.45) is 7.05 Å². The molecule has 1 N–H and O–H groups in total. The first-order valence-corrected chi connectivity index (χ1v) is 4.95. The molecule has 78 valence electrons. The zero-order valence-corrected chi connectivity index (χ0v) is 8.46. The van der Waals surface area contributed by atoms with Crippen LogP contribution in [0.1, 0.15) is 0 Å². The van der Waals surface area contributed by atoms with Crippen LogP contribution >= 0.6 is 0 Å². The highest BCUT2D eigenvalue weighted by molar-refractivity contribution is 5.88. The Bertz CT molecular complexity index is 501. The molecular weight excluding hydrogens is 192 g/mol. The summed E-state index contributed by atoms with van der Waals surface area (Å²) in [5, 5.41) is 10.3. The first-order chi connectivity index (χ1) is 7.25. The summed E-state index contributed by atoms with van der Waals surface area (Å²) >= 11 is 0. The summed E-state index contributed by atoms with van der Waals surface area (Å²) in [5.41, 5.74) is 0.932. The van der Waals surface area contributed by atoms with Crippen molar-refractivity contribution in [2.75, 3.05) is 18.0 Å². The van der Waals surface area contributed by atoms with Crippen LogP contribution < -0.4 is 4.90 Å². The van der Waals surface area contributed by atoms with Gasteiger partial charge in [-0.15, -0.1) is 0 Å². The second kappa shape index (κ2) is 2.93. The van der Waals surface area contributed by atoms with Gasteiger partial charge in [0.15, 0.2) is 0 Å². The fourth-order valence-electron chi connectivity index (χ4n) is 1.94. The van der Waals surface area contributed by atoms with E-state index in [1.54, 1.807) is 6.33 Å². The summed E-state index contributed by atoms with van der Waals surface area (Å²) in [6.07, 6.45) is 3.33. The van der Waals surface area contributed by atoms with Crippen molar-refractivity contribution >= 4 is 16.9 Å². The zero-order chi connectivity index (χ0) is 10.4. The molecule has 1 saturated heterocycles. The van der Waals surface area contributed by atoms with Gasteiger partial charge in [-0.05, 0) is 6.07 Å². The van der Waals surface area contributed by atoms with Gasteiger partial charge in [-0.3, -0.25) is 0 Å². The Morgan fingerprint density at radius 1 is 1.40 bits per heavy atom. The van der Waals surface area contributed by atoms with Crippen molar-refractivity contribution < 1.29 is 5.11 Å². The van der Waals surface area contributed by atoms with E-state index in [1.165, 1.54) is 0 Å². The predicted octanol–water partition coefficient (Wildman–Crippen LogP) is 0.149. The number of rotatable bonds is 1. The summed E-state index contributed by atoms with van der Waals surface area (Å²) in [4.78, 5) is 10.6. The van der Waals surface area contributed by atoms with E-state index in [0.717, 1.165) is 16.9 Å². The number of hydrogen-bond donors (Lipinski definition) is 1. The SMILES string of the molecule is Cn1ccc2c(N3CC(O)C3)ncnc21. The number of aliphatic hydroxyl groups is 1. The third-order valence-corrected chi connectivity index (χ3v) is 2.80. The van der Waals surface area contributed by atoms with Crippen molar-refractivity contribution in [1.82, 2.24) is 14.5 Å². The molecule has 15 heavy (non-hydrogen) atoms. The minimum atomic E-state index is -0.210. The van der Waals surface area contributed by atoms with Crippen LogP contribution in [0.4, 0.5) is 5.82 Å². The van der Waals surface area contributed by atoms with Gasteiger partial charge in [0.1, 0.15) is 17.8 Å². The molecule has 0 aromatic carbocycles. The van der Waals surface area contributed by atoms with Gasteiger partial charge in [0.2, 0.25) is 0 Å². The third kappa shape index (κ3) is 1.20. The van der Waals surface area contributed by atoms with Crippen molar-refractivity contribution in [3.05, 3.63) is 18.6 Å². The molecule has 0 saturated carbocycles. The van der Waals surface area contributed by atoms with Crippen molar-refractivity contribution in [3.8, 4) is 0 Å². The molecule has 1 aliphatic rings. The molecule has 5 nitrogen and oxygen atoms in total. The Balaban J connectivity index is 2.10. The molecule has 3 rings (SSSR count). The number of aryl methyl sites for hydroxylation is 1. The number of aromatic nitrogens is 3. The van der Waals surface area contributed by atoms with E-state index in [4.69, 9.17) is 0 Å². The van der Waals surface area contributed by atoms with Crippen LogP contribution in [0.5, 0.6) is 0 Å². The predicted molar refractivity (Wildman–Crippen MR) is 56.7 cm³/mol. The number of fused-ring (bicyclic) bond motifs is 1. The molecular formula is C10H12N4O. The van der Waals surface area contributed by atoms with Crippen LogP contribution in [-0.2, 0) is 7.05 Å². The third-order valence-electron chi connectivity index (χ3n) is 2.80. The first-order valence-electron chi connectivity index (χ1n) is 4.95. The Kier molecular flexibility index (Phi) is 1.70. The van der Waals surface area contributed by atoms with Crippen LogP contribution in [0.3, 0.4) is 0 Å². The average Bonchev–Trinajstić information content (AvgIpc) is 2.56. The highest BCUT2D eigenvalue weighted by Crippen LogP contribution is 2.26. The van der Waals surface area contributed by atoms with Gasteiger partial charge in [-0.25, -0.2) is 9.97 Å². The van der Waals surface area contributed by atoms with Gasteiger partial charge < -0.3 is 14.6 Å². The number of β-amino-alcohol motifs (C(OH)–C–C–N with tert-alkyl or cyclic N) is 1. The second-order valence-electron chi connectivity index (χ2n) is 3.92. The maximum absolute atomic E-state index is 9.27. The van der Waals surface area contributed by atoms with Gasteiger partial charge in [-0.2, -0.15) is 0 Å². The average molecular weight is 204 g/mol. The fraction of sp³-hybridized carbons (Fsp3) is 0.400. The molecule has 5 heteroatoms. The minimum absolute atomic E-state index is 0.210. The second-order valence-corrected chi connectivity index (χ2v) is 3.92. The lowest BCUT2D eigenvalue weighted by Crippen LogP contribution is -2.51. The van der Waals surface area contributed by atoms with Crippen molar-refractivity contribution in [1.29, 1.82) is 0 Å². The molecule has 3 heterocycles. The highest BCUT2D eigenvalue weighted by atomic mass is 16.3. The molecule has 0 bridgehead atoms. The van der Waals surface area contributed by atoms with E-state index in [1.807, 2.05) is 23.9 Å². The van der Waals surface area contributed by atoms with Crippen molar-refractivity contribution in [2.45, 2.75) is 6.10 Å².